The zero-order chi connectivity index (χ0) is 19.9. The maximum absolute atomic E-state index is 12.7. The lowest BCUT2D eigenvalue weighted by Gasteiger charge is -2.23. The van der Waals surface area contributed by atoms with Gasteiger partial charge >= 0.3 is 12.1 Å². The fraction of sp³-hybridized carbons (Fsp3) is 0.333. The number of rotatable bonds is 6. The molecule has 2 rings (SSSR count). The monoisotopic (exact) mass is 370 g/mol. The lowest BCUT2D eigenvalue weighted by molar-refractivity contribution is -0.147. The predicted molar refractivity (Wildman–Crippen MR) is 104 cm³/mol. The van der Waals surface area contributed by atoms with Crippen LogP contribution >= 0.6 is 0 Å². The molecule has 0 saturated heterocycles. The van der Waals surface area contributed by atoms with Crippen molar-refractivity contribution in [2.24, 2.45) is 0 Å². The lowest BCUT2D eigenvalue weighted by atomic mass is 10.1. The molecule has 27 heavy (non-hydrogen) atoms. The average molecular weight is 370 g/mol. The number of amides is 1. The molecule has 2 aromatic rings. The van der Waals surface area contributed by atoms with E-state index in [1.54, 1.807) is 46.0 Å². The van der Waals surface area contributed by atoms with Crippen molar-refractivity contribution in [3.8, 4) is 0 Å². The van der Waals surface area contributed by atoms with Gasteiger partial charge in [0.15, 0.2) is 6.04 Å². The van der Waals surface area contributed by atoms with Gasteiger partial charge in [0.05, 0.1) is 0 Å². The van der Waals surface area contributed by atoms with Crippen LogP contribution in [0.2, 0.25) is 0 Å². The molecule has 1 atom stereocenters. The molecule has 0 radical (unpaired) electrons. The van der Waals surface area contributed by atoms with E-state index in [0.717, 1.165) is 11.3 Å². The zero-order valence-corrected chi connectivity index (χ0v) is 16.1. The van der Waals surface area contributed by atoms with Gasteiger partial charge in [-0.3, -0.25) is 0 Å². The summed E-state index contributed by atoms with van der Waals surface area (Å²) >= 11 is 0. The van der Waals surface area contributed by atoms with Crippen LogP contribution in [-0.2, 0) is 20.9 Å². The molecule has 2 aromatic carbocycles. The highest BCUT2D eigenvalue weighted by atomic mass is 16.6. The number of ether oxygens (including phenoxy) is 2. The first-order valence-electron chi connectivity index (χ1n) is 8.76. The highest BCUT2D eigenvalue weighted by Crippen LogP contribution is 2.20. The maximum atomic E-state index is 12.7. The summed E-state index contributed by atoms with van der Waals surface area (Å²) in [6.45, 7) is 5.41. The number of nitrogens with one attached hydrogen (secondary N) is 2. The van der Waals surface area contributed by atoms with E-state index in [-0.39, 0.29) is 6.61 Å². The van der Waals surface area contributed by atoms with Crippen LogP contribution in [-0.4, -0.2) is 24.7 Å². The zero-order valence-electron chi connectivity index (χ0n) is 16.1. The van der Waals surface area contributed by atoms with Crippen LogP contribution in [0.15, 0.2) is 54.6 Å². The lowest BCUT2D eigenvalue weighted by Crippen LogP contribution is -2.38. The van der Waals surface area contributed by atoms with Crippen molar-refractivity contribution >= 4 is 17.7 Å². The fourth-order valence-corrected chi connectivity index (χ4v) is 2.39. The molecule has 0 heterocycles. The van der Waals surface area contributed by atoms with Gasteiger partial charge < -0.3 is 20.1 Å². The van der Waals surface area contributed by atoms with Gasteiger partial charge in [-0.1, -0.05) is 42.5 Å². The minimum Gasteiger partial charge on any atom is -0.459 e. The van der Waals surface area contributed by atoms with Crippen molar-refractivity contribution < 1.29 is 19.1 Å². The highest BCUT2D eigenvalue weighted by molar-refractivity contribution is 5.83. The first kappa shape index (κ1) is 20.3. The van der Waals surface area contributed by atoms with Gasteiger partial charge in [-0.25, -0.2) is 9.59 Å². The van der Waals surface area contributed by atoms with Crippen molar-refractivity contribution in [3.05, 3.63) is 65.7 Å². The van der Waals surface area contributed by atoms with E-state index in [0.29, 0.717) is 5.56 Å². The Morgan fingerprint density at radius 2 is 1.74 bits per heavy atom. The minimum atomic E-state index is -0.975. The molecule has 0 aliphatic heterocycles. The number of alkyl carbamates (subject to hydrolysis) is 1. The molecule has 6 nitrogen and oxygen atoms in total. The molecule has 0 aliphatic rings. The van der Waals surface area contributed by atoms with E-state index >= 15 is 0 Å². The summed E-state index contributed by atoms with van der Waals surface area (Å²) in [5, 5.41) is 5.63. The molecule has 0 aromatic heterocycles. The largest absolute Gasteiger partial charge is 0.459 e. The van der Waals surface area contributed by atoms with Gasteiger partial charge in [-0.15, -0.1) is 0 Å². The van der Waals surface area contributed by atoms with E-state index in [9.17, 15) is 9.59 Å². The maximum Gasteiger partial charge on any atom is 0.408 e. The van der Waals surface area contributed by atoms with Crippen LogP contribution in [0.3, 0.4) is 0 Å². The Balaban J connectivity index is 2.17. The second kappa shape index (κ2) is 9.07. The Morgan fingerprint density at radius 1 is 1.04 bits per heavy atom. The van der Waals surface area contributed by atoms with Gasteiger partial charge in [0.25, 0.3) is 0 Å². The van der Waals surface area contributed by atoms with Crippen molar-refractivity contribution in [1.82, 2.24) is 5.32 Å². The third kappa shape index (κ3) is 6.66. The number of hydrogen-bond acceptors (Lipinski definition) is 5. The number of esters is 1. The molecule has 0 aliphatic carbocycles. The third-order valence-corrected chi connectivity index (χ3v) is 3.63. The van der Waals surface area contributed by atoms with Crippen LogP contribution in [0.1, 0.15) is 37.9 Å². The van der Waals surface area contributed by atoms with Crippen LogP contribution in [0.5, 0.6) is 0 Å². The van der Waals surface area contributed by atoms with Crippen molar-refractivity contribution in [3.63, 3.8) is 0 Å². The number of carbonyl (C=O) groups excluding carboxylic acids is 2. The SMILES string of the molecule is CNc1cccc([C@H](NC(=O)OC(C)(C)C)C(=O)OCc2ccccc2)c1. The average Bonchev–Trinajstić information content (AvgIpc) is 2.63. The van der Waals surface area contributed by atoms with Crippen molar-refractivity contribution in [1.29, 1.82) is 0 Å². The van der Waals surface area contributed by atoms with E-state index < -0.39 is 23.7 Å². The second-order valence-corrected chi connectivity index (χ2v) is 7.05. The smallest absolute Gasteiger partial charge is 0.408 e. The number of carbonyl (C=O) groups is 2. The Kier molecular flexibility index (Phi) is 6.82. The molecular formula is C21H26N2O4. The molecule has 6 heteroatoms. The molecule has 1 amide bonds. The highest BCUT2D eigenvalue weighted by Gasteiger charge is 2.27. The molecular weight excluding hydrogens is 344 g/mol. The molecule has 0 fully saturated rings. The summed E-state index contributed by atoms with van der Waals surface area (Å²) in [7, 11) is 1.78. The topological polar surface area (TPSA) is 76.7 Å². The molecule has 0 bridgehead atoms. The van der Waals surface area contributed by atoms with E-state index in [1.165, 1.54) is 0 Å². The first-order chi connectivity index (χ1) is 12.8. The van der Waals surface area contributed by atoms with Crippen LogP contribution in [0, 0.1) is 0 Å². The van der Waals surface area contributed by atoms with E-state index in [4.69, 9.17) is 9.47 Å². The van der Waals surface area contributed by atoms with Gasteiger partial charge in [0.2, 0.25) is 0 Å². The summed E-state index contributed by atoms with van der Waals surface area (Å²) < 4.78 is 10.7. The minimum absolute atomic E-state index is 0.123. The second-order valence-electron chi connectivity index (χ2n) is 7.05. The quantitative estimate of drug-likeness (QED) is 0.751. The summed E-state index contributed by atoms with van der Waals surface area (Å²) in [6.07, 6.45) is -0.681. The van der Waals surface area contributed by atoms with Crippen LogP contribution in [0.4, 0.5) is 10.5 Å². The van der Waals surface area contributed by atoms with Crippen molar-refractivity contribution in [2.75, 3.05) is 12.4 Å². The first-order valence-corrected chi connectivity index (χ1v) is 8.76. The van der Waals surface area contributed by atoms with Gasteiger partial charge in [0.1, 0.15) is 12.2 Å². The Morgan fingerprint density at radius 3 is 2.37 bits per heavy atom. The van der Waals surface area contributed by atoms with Crippen molar-refractivity contribution in [2.45, 2.75) is 39.0 Å². The Labute approximate surface area is 159 Å². The standard InChI is InChI=1S/C21H26N2O4/c1-21(2,3)27-20(25)23-18(16-11-8-12-17(13-16)22-4)19(24)26-14-15-9-6-5-7-10-15/h5-13,18,22H,14H2,1-4H3,(H,23,25)/t18-/m0/s1. The van der Waals surface area contributed by atoms with E-state index in [1.807, 2.05) is 36.4 Å². The summed E-state index contributed by atoms with van der Waals surface area (Å²) in [5.74, 6) is -0.557. The molecule has 0 unspecified atom stereocenters. The van der Waals surface area contributed by atoms with Crippen LogP contribution < -0.4 is 10.6 Å². The summed E-state index contributed by atoms with van der Waals surface area (Å²) in [4.78, 5) is 24.9. The molecule has 0 spiro atoms. The molecule has 0 saturated carbocycles. The predicted octanol–water partition coefficient (Wildman–Crippen LogP) is 4.04. The number of benzene rings is 2. The van der Waals surface area contributed by atoms with Crippen LogP contribution in [0.25, 0.3) is 0 Å². The summed E-state index contributed by atoms with van der Waals surface area (Å²) in [6, 6.07) is 15.6. The molecule has 2 N–H and O–H groups in total. The Hall–Kier alpha value is -3.02. The Bertz CT molecular complexity index is 769. The van der Waals surface area contributed by atoms with Gasteiger partial charge in [0, 0.05) is 12.7 Å². The van der Waals surface area contributed by atoms with Gasteiger partial charge in [-0.05, 0) is 44.0 Å². The fourth-order valence-electron chi connectivity index (χ4n) is 2.39. The van der Waals surface area contributed by atoms with Gasteiger partial charge in [-0.2, -0.15) is 0 Å². The third-order valence-electron chi connectivity index (χ3n) is 3.63. The normalized spacial score (nSPS) is 12.0. The summed E-state index contributed by atoms with van der Waals surface area (Å²) in [5.41, 5.74) is 1.62. The van der Waals surface area contributed by atoms with E-state index in [2.05, 4.69) is 10.6 Å². The molecule has 144 valence electrons. The number of anilines is 1. The number of hydrogen-bond donors (Lipinski definition) is 2.